The van der Waals surface area contributed by atoms with Gasteiger partial charge < -0.3 is 10.3 Å². The molecule has 0 atom stereocenters. The van der Waals surface area contributed by atoms with E-state index >= 15 is 0 Å². The van der Waals surface area contributed by atoms with Gasteiger partial charge in [0.15, 0.2) is 9.84 Å². The van der Waals surface area contributed by atoms with Gasteiger partial charge in [0.25, 0.3) is 0 Å². The maximum atomic E-state index is 13.0. The Hall–Kier alpha value is -2.54. The van der Waals surface area contributed by atoms with Crippen LogP contribution >= 0.6 is 23.2 Å². The average Bonchev–Trinajstić information content (AvgIpc) is 3.01. The standard InChI is InChI=1S/C21H17Cl2N3O2S/c22-17-10-5-14(11-18(17)23)12-26-20-4-2-1-3-19(20)25-21(26)13-29(27,28)16-8-6-15(24)7-9-16/h1-11H,12-13,24H2. The first-order valence-corrected chi connectivity index (χ1v) is 11.2. The number of aromatic nitrogens is 2. The molecule has 8 heteroatoms. The Bertz CT molecular complexity index is 1300. The van der Waals surface area contributed by atoms with Crippen molar-refractivity contribution in [2.45, 2.75) is 17.2 Å². The number of sulfone groups is 1. The Balaban J connectivity index is 1.77. The van der Waals surface area contributed by atoms with Crippen LogP contribution in [0.1, 0.15) is 11.4 Å². The summed E-state index contributed by atoms with van der Waals surface area (Å²) in [5.74, 6) is 0.224. The highest BCUT2D eigenvalue weighted by atomic mass is 35.5. The maximum absolute atomic E-state index is 13.0. The minimum atomic E-state index is -3.59. The second-order valence-corrected chi connectivity index (χ2v) is 9.48. The topological polar surface area (TPSA) is 78.0 Å². The molecule has 0 radical (unpaired) electrons. The fourth-order valence-electron chi connectivity index (χ4n) is 3.16. The molecule has 0 aliphatic rings. The average molecular weight is 446 g/mol. The SMILES string of the molecule is Nc1ccc(S(=O)(=O)Cc2nc3ccccc3n2Cc2ccc(Cl)c(Cl)c2)cc1. The monoisotopic (exact) mass is 445 g/mol. The van der Waals surface area contributed by atoms with Crippen LogP contribution in [-0.4, -0.2) is 18.0 Å². The minimum Gasteiger partial charge on any atom is -0.399 e. The van der Waals surface area contributed by atoms with Gasteiger partial charge in [-0.25, -0.2) is 13.4 Å². The number of anilines is 1. The van der Waals surface area contributed by atoms with Crippen molar-refractivity contribution in [3.8, 4) is 0 Å². The Morgan fingerprint density at radius 3 is 2.38 bits per heavy atom. The number of para-hydroxylation sites is 2. The van der Waals surface area contributed by atoms with Crippen molar-refractivity contribution in [1.29, 1.82) is 0 Å². The molecule has 29 heavy (non-hydrogen) atoms. The number of imidazole rings is 1. The first-order chi connectivity index (χ1) is 13.8. The molecule has 3 aromatic carbocycles. The van der Waals surface area contributed by atoms with E-state index in [1.54, 1.807) is 24.3 Å². The Kier molecular flexibility index (Phi) is 5.25. The highest BCUT2D eigenvalue weighted by Gasteiger charge is 2.21. The first kappa shape index (κ1) is 19.8. The van der Waals surface area contributed by atoms with E-state index in [1.807, 2.05) is 34.9 Å². The molecule has 0 aliphatic heterocycles. The second kappa shape index (κ2) is 7.71. The Morgan fingerprint density at radius 2 is 1.66 bits per heavy atom. The van der Waals surface area contributed by atoms with Gasteiger partial charge in [0.1, 0.15) is 11.6 Å². The number of halogens is 2. The molecule has 0 aliphatic carbocycles. The summed E-state index contributed by atoms with van der Waals surface area (Å²) in [4.78, 5) is 4.79. The summed E-state index contributed by atoms with van der Waals surface area (Å²) in [6.45, 7) is 0.421. The van der Waals surface area contributed by atoms with E-state index in [0.29, 0.717) is 28.1 Å². The second-order valence-electron chi connectivity index (χ2n) is 6.68. The van der Waals surface area contributed by atoms with Crippen molar-refractivity contribution in [3.05, 3.63) is 88.2 Å². The van der Waals surface area contributed by atoms with Crippen LogP contribution in [0.5, 0.6) is 0 Å². The molecule has 0 unspecified atom stereocenters. The van der Waals surface area contributed by atoms with Crippen LogP contribution in [-0.2, 0) is 22.1 Å². The summed E-state index contributed by atoms with van der Waals surface area (Å²) in [5, 5.41) is 0.918. The number of benzene rings is 3. The van der Waals surface area contributed by atoms with Gasteiger partial charge in [0.2, 0.25) is 0 Å². The number of fused-ring (bicyclic) bond motifs is 1. The van der Waals surface area contributed by atoms with Gasteiger partial charge in [-0.2, -0.15) is 0 Å². The van der Waals surface area contributed by atoms with Crippen molar-refractivity contribution in [2.24, 2.45) is 0 Å². The molecule has 4 rings (SSSR count). The fourth-order valence-corrected chi connectivity index (χ4v) is 4.76. The Morgan fingerprint density at radius 1 is 0.931 bits per heavy atom. The van der Waals surface area contributed by atoms with Gasteiger partial charge in [-0.15, -0.1) is 0 Å². The van der Waals surface area contributed by atoms with Crippen LogP contribution in [0, 0.1) is 0 Å². The smallest absolute Gasteiger partial charge is 0.185 e. The predicted molar refractivity (Wildman–Crippen MR) is 117 cm³/mol. The zero-order valence-electron chi connectivity index (χ0n) is 15.2. The molecule has 0 spiro atoms. The summed E-state index contributed by atoms with van der Waals surface area (Å²) < 4.78 is 27.8. The maximum Gasteiger partial charge on any atom is 0.185 e. The van der Waals surface area contributed by atoms with E-state index in [1.165, 1.54) is 12.1 Å². The van der Waals surface area contributed by atoms with Gasteiger partial charge in [-0.05, 0) is 54.1 Å². The molecule has 5 nitrogen and oxygen atoms in total. The van der Waals surface area contributed by atoms with Crippen molar-refractivity contribution < 1.29 is 8.42 Å². The molecule has 2 N–H and O–H groups in total. The number of nitrogen functional groups attached to an aromatic ring is 1. The Labute approximate surface area is 178 Å². The highest BCUT2D eigenvalue weighted by Crippen LogP contribution is 2.26. The van der Waals surface area contributed by atoms with Crippen LogP contribution in [0.3, 0.4) is 0 Å². The largest absolute Gasteiger partial charge is 0.399 e. The van der Waals surface area contributed by atoms with Crippen LogP contribution in [0.25, 0.3) is 11.0 Å². The first-order valence-electron chi connectivity index (χ1n) is 8.80. The van der Waals surface area contributed by atoms with Crippen LogP contribution in [0.15, 0.2) is 71.6 Å². The summed E-state index contributed by atoms with van der Waals surface area (Å²) >= 11 is 12.2. The summed E-state index contributed by atoms with van der Waals surface area (Å²) in [6, 6.07) is 19.1. The fraction of sp³-hybridized carbons (Fsp3) is 0.0952. The third kappa shape index (κ3) is 4.10. The lowest BCUT2D eigenvalue weighted by atomic mass is 10.2. The van der Waals surface area contributed by atoms with E-state index in [2.05, 4.69) is 4.98 Å². The third-order valence-corrected chi connectivity index (χ3v) is 6.98. The number of nitrogens with two attached hydrogens (primary N) is 1. The molecule has 0 amide bonds. The molecule has 148 valence electrons. The zero-order chi connectivity index (χ0) is 20.6. The molecular formula is C21H17Cl2N3O2S. The number of rotatable bonds is 5. The summed E-state index contributed by atoms with van der Waals surface area (Å²) in [7, 11) is -3.59. The molecule has 1 aromatic heterocycles. The van der Waals surface area contributed by atoms with E-state index in [4.69, 9.17) is 28.9 Å². The van der Waals surface area contributed by atoms with Crippen molar-refractivity contribution in [2.75, 3.05) is 5.73 Å². The number of hydrogen-bond donors (Lipinski definition) is 1. The van der Waals surface area contributed by atoms with E-state index in [0.717, 1.165) is 16.6 Å². The number of hydrogen-bond acceptors (Lipinski definition) is 4. The lowest BCUT2D eigenvalue weighted by Gasteiger charge is -2.11. The molecule has 0 fully saturated rings. The van der Waals surface area contributed by atoms with Gasteiger partial charge >= 0.3 is 0 Å². The lowest BCUT2D eigenvalue weighted by molar-refractivity contribution is 0.592. The van der Waals surface area contributed by atoms with Gasteiger partial charge in [0.05, 0.1) is 26.0 Å². The molecule has 0 bridgehead atoms. The van der Waals surface area contributed by atoms with Crippen molar-refractivity contribution >= 4 is 49.8 Å². The minimum absolute atomic E-state index is 0.208. The molecule has 1 heterocycles. The van der Waals surface area contributed by atoms with E-state index < -0.39 is 9.84 Å². The number of nitrogens with zero attached hydrogens (tertiary/aromatic N) is 2. The van der Waals surface area contributed by atoms with Crippen molar-refractivity contribution in [3.63, 3.8) is 0 Å². The molecular weight excluding hydrogens is 429 g/mol. The zero-order valence-corrected chi connectivity index (χ0v) is 17.5. The van der Waals surface area contributed by atoms with E-state index in [9.17, 15) is 8.42 Å². The van der Waals surface area contributed by atoms with Crippen LogP contribution < -0.4 is 5.73 Å². The van der Waals surface area contributed by atoms with E-state index in [-0.39, 0.29) is 10.6 Å². The highest BCUT2D eigenvalue weighted by molar-refractivity contribution is 7.90. The summed E-state index contributed by atoms with van der Waals surface area (Å²) in [5.41, 5.74) is 8.66. The van der Waals surface area contributed by atoms with Gasteiger partial charge in [-0.3, -0.25) is 0 Å². The predicted octanol–water partition coefficient (Wildman–Crippen LogP) is 4.95. The van der Waals surface area contributed by atoms with Crippen LogP contribution in [0.4, 0.5) is 5.69 Å². The van der Waals surface area contributed by atoms with Gasteiger partial charge in [-0.1, -0.05) is 41.4 Å². The van der Waals surface area contributed by atoms with Gasteiger partial charge in [0, 0.05) is 12.2 Å². The van der Waals surface area contributed by atoms with Crippen molar-refractivity contribution in [1.82, 2.24) is 9.55 Å². The molecule has 0 saturated heterocycles. The summed E-state index contributed by atoms with van der Waals surface area (Å²) in [6.07, 6.45) is 0. The normalized spacial score (nSPS) is 11.8. The molecule has 4 aromatic rings. The van der Waals surface area contributed by atoms with Crippen LogP contribution in [0.2, 0.25) is 10.0 Å². The molecule has 0 saturated carbocycles. The third-order valence-electron chi connectivity index (χ3n) is 4.62. The quantitative estimate of drug-likeness (QED) is 0.440. The lowest BCUT2D eigenvalue weighted by Crippen LogP contribution is -2.12.